The van der Waals surface area contributed by atoms with Gasteiger partial charge in [0.2, 0.25) is 15.9 Å². The minimum Gasteiger partial charge on any atom is -0.493 e. The first-order valence-corrected chi connectivity index (χ1v) is 12.9. The number of para-hydroxylation sites is 1. The fourth-order valence-electron chi connectivity index (χ4n) is 3.83. The Kier molecular flexibility index (Phi) is 9.11. The molecule has 0 radical (unpaired) electrons. The summed E-state index contributed by atoms with van der Waals surface area (Å²) < 4.78 is 33.0. The van der Waals surface area contributed by atoms with Crippen LogP contribution in [0, 0.1) is 6.92 Å². The molecule has 2 aromatic rings. The predicted molar refractivity (Wildman–Crippen MR) is 126 cm³/mol. The van der Waals surface area contributed by atoms with Crippen molar-refractivity contribution in [1.82, 2.24) is 9.62 Å². The largest absolute Gasteiger partial charge is 0.493 e. The first-order chi connectivity index (χ1) is 15.5. The van der Waals surface area contributed by atoms with Crippen molar-refractivity contribution in [3.8, 4) is 5.75 Å². The standard InChI is InChI=1S/C25H34N2O4S/c1-21-9-4-5-10-24(21)31-20-8-11-25(28)26-17-16-22-12-14-23(15-13-22)32(29,30)27-18-6-2-3-7-19-27/h4-5,9-10,12-15H,2-3,6-8,11,16-20H2,1H3,(H,26,28). The maximum atomic E-state index is 12.8. The molecule has 0 bridgehead atoms. The second kappa shape index (κ2) is 12.0. The Morgan fingerprint density at radius 3 is 2.38 bits per heavy atom. The lowest BCUT2D eigenvalue weighted by molar-refractivity contribution is -0.121. The Balaban J connectivity index is 1.37. The van der Waals surface area contributed by atoms with Gasteiger partial charge in [-0.05, 0) is 61.9 Å². The lowest BCUT2D eigenvalue weighted by Crippen LogP contribution is -2.31. The zero-order valence-electron chi connectivity index (χ0n) is 18.9. The van der Waals surface area contributed by atoms with E-state index in [1.165, 1.54) is 0 Å². The van der Waals surface area contributed by atoms with Crippen LogP contribution in [0.5, 0.6) is 5.75 Å². The number of carbonyl (C=O) groups excluding carboxylic acids is 1. The molecule has 1 aliphatic heterocycles. The summed E-state index contributed by atoms with van der Waals surface area (Å²) in [5.74, 6) is 0.855. The van der Waals surface area contributed by atoms with Crippen molar-refractivity contribution >= 4 is 15.9 Å². The maximum Gasteiger partial charge on any atom is 0.243 e. The fourth-order valence-corrected chi connectivity index (χ4v) is 5.34. The molecule has 1 heterocycles. The van der Waals surface area contributed by atoms with Gasteiger partial charge in [-0.3, -0.25) is 4.79 Å². The van der Waals surface area contributed by atoms with Crippen LogP contribution in [0.1, 0.15) is 49.7 Å². The number of hydrogen-bond acceptors (Lipinski definition) is 4. The summed E-state index contributed by atoms with van der Waals surface area (Å²) in [6.45, 7) is 4.23. The number of amides is 1. The fraction of sp³-hybridized carbons (Fsp3) is 0.480. The molecule has 1 fully saturated rings. The minimum absolute atomic E-state index is 0.00116. The number of rotatable bonds is 10. The van der Waals surface area contributed by atoms with Crippen molar-refractivity contribution in [1.29, 1.82) is 0 Å². The highest BCUT2D eigenvalue weighted by atomic mass is 32.2. The molecule has 1 saturated heterocycles. The average molecular weight is 459 g/mol. The van der Waals surface area contributed by atoms with E-state index in [0.29, 0.717) is 50.4 Å². The molecule has 0 aromatic heterocycles. The molecule has 0 saturated carbocycles. The van der Waals surface area contributed by atoms with Gasteiger partial charge in [0.25, 0.3) is 0 Å². The van der Waals surface area contributed by atoms with Gasteiger partial charge in [-0.2, -0.15) is 4.31 Å². The van der Waals surface area contributed by atoms with Crippen LogP contribution in [0.4, 0.5) is 0 Å². The highest BCUT2D eigenvalue weighted by molar-refractivity contribution is 7.89. The molecule has 1 amide bonds. The molecule has 0 atom stereocenters. The molecular weight excluding hydrogens is 424 g/mol. The van der Waals surface area contributed by atoms with Gasteiger partial charge in [0.1, 0.15) is 5.75 Å². The summed E-state index contributed by atoms with van der Waals surface area (Å²) in [7, 11) is -3.42. The van der Waals surface area contributed by atoms with Crippen molar-refractivity contribution in [3.63, 3.8) is 0 Å². The monoisotopic (exact) mass is 458 g/mol. The number of carbonyl (C=O) groups is 1. The molecule has 32 heavy (non-hydrogen) atoms. The van der Waals surface area contributed by atoms with E-state index >= 15 is 0 Å². The lowest BCUT2D eigenvalue weighted by Gasteiger charge is -2.20. The summed E-state index contributed by atoms with van der Waals surface area (Å²) in [5, 5.41) is 2.92. The number of nitrogens with one attached hydrogen (secondary N) is 1. The zero-order valence-corrected chi connectivity index (χ0v) is 19.7. The van der Waals surface area contributed by atoms with Crippen molar-refractivity contribution in [2.45, 2.75) is 56.8 Å². The molecule has 7 heteroatoms. The summed E-state index contributed by atoms with van der Waals surface area (Å²) >= 11 is 0. The van der Waals surface area contributed by atoms with Crippen LogP contribution in [0.2, 0.25) is 0 Å². The quantitative estimate of drug-likeness (QED) is 0.545. The van der Waals surface area contributed by atoms with Gasteiger partial charge >= 0.3 is 0 Å². The van der Waals surface area contributed by atoms with Gasteiger partial charge in [-0.15, -0.1) is 0 Å². The van der Waals surface area contributed by atoms with Crippen LogP contribution in [0.25, 0.3) is 0 Å². The van der Waals surface area contributed by atoms with Gasteiger partial charge in [0.15, 0.2) is 0 Å². The van der Waals surface area contributed by atoms with Gasteiger partial charge in [0.05, 0.1) is 11.5 Å². The molecule has 2 aromatic carbocycles. The number of nitrogens with zero attached hydrogens (tertiary/aromatic N) is 1. The smallest absolute Gasteiger partial charge is 0.243 e. The first kappa shape index (κ1) is 24.3. The lowest BCUT2D eigenvalue weighted by atomic mass is 10.1. The normalized spacial score (nSPS) is 15.2. The first-order valence-electron chi connectivity index (χ1n) is 11.5. The van der Waals surface area contributed by atoms with E-state index in [4.69, 9.17) is 4.74 Å². The van der Waals surface area contributed by atoms with E-state index in [1.807, 2.05) is 43.3 Å². The van der Waals surface area contributed by atoms with Gasteiger partial charge in [-0.25, -0.2) is 8.42 Å². The van der Waals surface area contributed by atoms with Crippen molar-refractivity contribution in [2.24, 2.45) is 0 Å². The molecular formula is C25H34N2O4S. The summed E-state index contributed by atoms with van der Waals surface area (Å²) in [6.07, 6.45) is 5.77. The SMILES string of the molecule is Cc1ccccc1OCCCC(=O)NCCc1ccc(S(=O)(=O)N2CCCCCC2)cc1. The van der Waals surface area contributed by atoms with Crippen LogP contribution in [0.15, 0.2) is 53.4 Å². The summed E-state index contributed by atoms with van der Waals surface area (Å²) in [4.78, 5) is 12.4. The molecule has 0 unspecified atom stereocenters. The van der Waals surface area contributed by atoms with Crippen molar-refractivity contribution in [3.05, 3.63) is 59.7 Å². The minimum atomic E-state index is -3.42. The molecule has 174 valence electrons. The number of benzene rings is 2. The molecule has 6 nitrogen and oxygen atoms in total. The third kappa shape index (κ3) is 7.07. The average Bonchev–Trinajstić information content (AvgIpc) is 3.08. The van der Waals surface area contributed by atoms with Gasteiger partial charge in [0, 0.05) is 26.1 Å². The maximum absolute atomic E-state index is 12.8. The van der Waals surface area contributed by atoms with Crippen molar-refractivity contribution < 1.29 is 17.9 Å². The Bertz CT molecular complexity index is 966. The summed E-state index contributed by atoms with van der Waals surface area (Å²) in [5.41, 5.74) is 2.09. The highest BCUT2D eigenvalue weighted by Crippen LogP contribution is 2.21. The third-order valence-corrected chi connectivity index (χ3v) is 7.67. The second-order valence-electron chi connectivity index (χ2n) is 8.28. The van der Waals surface area contributed by atoms with Crippen LogP contribution < -0.4 is 10.1 Å². The Morgan fingerprint density at radius 1 is 1.00 bits per heavy atom. The number of aryl methyl sites for hydroxylation is 1. The number of hydrogen-bond donors (Lipinski definition) is 1. The zero-order chi connectivity index (χ0) is 22.8. The van der Waals surface area contributed by atoms with E-state index in [2.05, 4.69) is 5.32 Å². The van der Waals surface area contributed by atoms with Gasteiger partial charge in [-0.1, -0.05) is 43.2 Å². The van der Waals surface area contributed by atoms with Crippen molar-refractivity contribution in [2.75, 3.05) is 26.2 Å². The van der Waals surface area contributed by atoms with E-state index in [9.17, 15) is 13.2 Å². The Morgan fingerprint density at radius 2 is 1.69 bits per heavy atom. The molecule has 0 aliphatic carbocycles. The van der Waals surface area contributed by atoms with Crippen LogP contribution >= 0.6 is 0 Å². The molecule has 0 spiro atoms. The van der Waals surface area contributed by atoms with E-state index in [-0.39, 0.29) is 5.91 Å². The second-order valence-corrected chi connectivity index (χ2v) is 10.2. The molecule has 1 aliphatic rings. The van der Waals surface area contributed by atoms with E-state index < -0.39 is 10.0 Å². The van der Waals surface area contributed by atoms with Crippen LogP contribution in [-0.4, -0.2) is 44.9 Å². The number of sulfonamides is 1. The topological polar surface area (TPSA) is 75.7 Å². The Labute approximate surface area is 192 Å². The predicted octanol–water partition coefficient (Wildman–Crippen LogP) is 4.08. The molecule has 3 rings (SSSR count). The number of ether oxygens (including phenoxy) is 1. The highest BCUT2D eigenvalue weighted by Gasteiger charge is 2.24. The van der Waals surface area contributed by atoms with E-state index in [0.717, 1.165) is 42.6 Å². The van der Waals surface area contributed by atoms with E-state index in [1.54, 1.807) is 16.4 Å². The molecule has 1 N–H and O–H groups in total. The van der Waals surface area contributed by atoms with Gasteiger partial charge < -0.3 is 10.1 Å². The van der Waals surface area contributed by atoms with Crippen LogP contribution in [0.3, 0.4) is 0 Å². The third-order valence-electron chi connectivity index (χ3n) is 5.76. The van der Waals surface area contributed by atoms with Crippen LogP contribution in [-0.2, 0) is 21.2 Å². The Hall–Kier alpha value is -2.38. The summed E-state index contributed by atoms with van der Waals surface area (Å²) in [6, 6.07) is 14.9.